The monoisotopic (exact) mass is 612 g/mol. The average Bonchev–Trinajstić information content (AvgIpc) is 3.66. The van der Waals surface area contributed by atoms with Gasteiger partial charge >= 0.3 is 0 Å². The van der Waals surface area contributed by atoms with E-state index in [-0.39, 0.29) is 24.3 Å². The van der Waals surface area contributed by atoms with Crippen LogP contribution in [0.15, 0.2) is 82.4 Å². The fraction of sp³-hybridized carbons (Fsp3) is 0.212. The number of aliphatic hydroxyl groups is 1. The van der Waals surface area contributed by atoms with E-state index in [1.807, 2.05) is 19.1 Å². The normalized spacial score (nSPS) is 11.8. The maximum atomic E-state index is 15.3. The highest BCUT2D eigenvalue weighted by atomic mass is 32.1. The second-order valence-electron chi connectivity index (χ2n) is 11.2. The molecule has 0 spiro atoms. The summed E-state index contributed by atoms with van der Waals surface area (Å²) in [7, 11) is 0. The zero-order chi connectivity index (χ0) is 31.2. The molecule has 0 bridgehead atoms. The Kier molecular flexibility index (Phi) is 7.52. The number of pyridine rings is 1. The number of ether oxygens (including phenoxy) is 1. The Bertz CT molecular complexity index is 2070. The van der Waals surface area contributed by atoms with E-state index in [9.17, 15) is 14.7 Å². The number of aryl methyl sites for hydroxylation is 1. The Labute approximate surface area is 255 Å². The first kappa shape index (κ1) is 29.2. The minimum atomic E-state index is -1.15. The van der Waals surface area contributed by atoms with E-state index in [0.717, 1.165) is 15.1 Å². The second-order valence-corrected chi connectivity index (χ2v) is 12.2. The molecule has 11 heteroatoms. The van der Waals surface area contributed by atoms with Crippen LogP contribution >= 0.6 is 11.3 Å². The Balaban J connectivity index is 1.27. The molecule has 4 heterocycles. The number of rotatable bonds is 9. The van der Waals surface area contributed by atoms with Crippen LogP contribution in [-0.4, -0.2) is 36.0 Å². The van der Waals surface area contributed by atoms with Crippen molar-refractivity contribution >= 4 is 27.3 Å². The summed E-state index contributed by atoms with van der Waals surface area (Å²) in [6.07, 6.45) is 3.04. The molecule has 0 atom stereocenters. The summed E-state index contributed by atoms with van der Waals surface area (Å²) in [5, 5.41) is 14.4. The summed E-state index contributed by atoms with van der Waals surface area (Å²) < 4.78 is 30.2. The highest BCUT2D eigenvalue weighted by Crippen LogP contribution is 2.40. The van der Waals surface area contributed by atoms with Crippen molar-refractivity contribution in [1.29, 1.82) is 0 Å². The zero-order valence-corrected chi connectivity index (χ0v) is 25.3. The molecule has 4 aromatic heterocycles. The molecule has 0 radical (unpaired) electrons. The van der Waals surface area contributed by atoms with Crippen molar-refractivity contribution in [3.63, 3.8) is 0 Å². The average molecular weight is 613 g/mol. The topological polar surface area (TPSA) is 112 Å². The molecule has 9 nitrogen and oxygen atoms in total. The third kappa shape index (κ3) is 5.59. The molecule has 0 amide bonds. The highest BCUT2D eigenvalue weighted by Gasteiger charge is 2.27. The van der Waals surface area contributed by atoms with Crippen LogP contribution < -0.4 is 10.3 Å². The van der Waals surface area contributed by atoms with Gasteiger partial charge in [0.1, 0.15) is 17.1 Å². The van der Waals surface area contributed by atoms with Crippen molar-refractivity contribution in [3.05, 3.63) is 112 Å². The number of fused-ring (bicyclic) bond motifs is 1. The fourth-order valence-corrected chi connectivity index (χ4v) is 6.27. The van der Waals surface area contributed by atoms with Gasteiger partial charge in [-0.3, -0.25) is 19.3 Å². The van der Waals surface area contributed by atoms with Gasteiger partial charge in [0, 0.05) is 29.3 Å². The number of para-hydroxylation sites is 1. The van der Waals surface area contributed by atoms with Crippen LogP contribution in [-0.2, 0) is 13.0 Å². The number of thiophene rings is 1. The zero-order valence-electron chi connectivity index (χ0n) is 24.5. The van der Waals surface area contributed by atoms with E-state index >= 15 is 4.39 Å². The number of halogens is 1. The van der Waals surface area contributed by atoms with Gasteiger partial charge in [0.05, 0.1) is 39.8 Å². The number of ketones is 1. The minimum absolute atomic E-state index is 0.00502. The Hall–Kier alpha value is -4.87. The molecule has 0 unspecified atom stereocenters. The number of benzene rings is 2. The number of carbonyl (C=O) groups is 1. The van der Waals surface area contributed by atoms with Crippen LogP contribution in [0.3, 0.4) is 0 Å². The number of hydrogen-bond donors (Lipinski definition) is 1. The van der Waals surface area contributed by atoms with Crippen molar-refractivity contribution in [3.8, 4) is 27.6 Å². The summed E-state index contributed by atoms with van der Waals surface area (Å²) in [5.41, 5.74) is 1.27. The molecular formula is C33H29FN4O5S. The highest BCUT2D eigenvalue weighted by molar-refractivity contribution is 7.22. The van der Waals surface area contributed by atoms with Crippen LogP contribution in [0.4, 0.5) is 4.39 Å². The Morgan fingerprint density at radius 2 is 1.86 bits per heavy atom. The molecule has 0 saturated heterocycles. The fourth-order valence-electron chi connectivity index (χ4n) is 5.14. The summed E-state index contributed by atoms with van der Waals surface area (Å²) in [6, 6.07) is 16.8. The quantitative estimate of drug-likeness (QED) is 0.182. The van der Waals surface area contributed by atoms with E-state index in [2.05, 4.69) is 10.1 Å². The lowest BCUT2D eigenvalue weighted by molar-refractivity contribution is 0.0546. The van der Waals surface area contributed by atoms with E-state index in [0.29, 0.717) is 34.0 Å². The van der Waals surface area contributed by atoms with Crippen molar-refractivity contribution < 1.29 is 23.6 Å². The summed E-state index contributed by atoms with van der Waals surface area (Å²) in [4.78, 5) is 32.4. The van der Waals surface area contributed by atoms with E-state index < -0.39 is 22.8 Å². The standard InChI is InChI=1S/C33H29FN4O5S/c1-19-30(32(40)38(22-8-6-5-7-9-22)37(19)18-33(3,4)41)26(39)15-21-10-11-27(24(34)14-21)42-28-12-13-35-25-16-29(44-31(25)28)23-17-36-43-20(23)2/h5-14,16-17,41H,15,18H2,1-4H3. The lowest BCUT2D eigenvalue weighted by Gasteiger charge is -2.22. The molecule has 6 rings (SSSR count). The Morgan fingerprint density at radius 1 is 1.09 bits per heavy atom. The first-order chi connectivity index (χ1) is 21.0. The van der Waals surface area contributed by atoms with Crippen LogP contribution in [0.2, 0.25) is 0 Å². The molecule has 224 valence electrons. The smallest absolute Gasteiger partial charge is 0.282 e. The molecule has 6 aromatic rings. The predicted octanol–water partition coefficient (Wildman–Crippen LogP) is 6.65. The lowest BCUT2D eigenvalue weighted by Crippen LogP contribution is -2.32. The van der Waals surface area contributed by atoms with Gasteiger partial charge in [-0.1, -0.05) is 29.4 Å². The lowest BCUT2D eigenvalue weighted by atomic mass is 10.0. The van der Waals surface area contributed by atoms with Gasteiger partial charge in [-0.25, -0.2) is 9.07 Å². The van der Waals surface area contributed by atoms with Gasteiger partial charge < -0.3 is 14.4 Å². The van der Waals surface area contributed by atoms with E-state index in [4.69, 9.17) is 9.26 Å². The summed E-state index contributed by atoms with van der Waals surface area (Å²) in [5.74, 6) is 0.00549. The van der Waals surface area contributed by atoms with Crippen LogP contribution in [0.25, 0.3) is 26.3 Å². The molecule has 0 aliphatic heterocycles. The summed E-state index contributed by atoms with van der Waals surface area (Å²) >= 11 is 1.43. The molecule has 2 aromatic carbocycles. The second kappa shape index (κ2) is 11.3. The SMILES string of the molecule is Cc1oncc1-c1cc2nccc(Oc3ccc(CC(=O)c4c(C)n(CC(C)(C)O)n(-c5ccccc5)c4=O)cc3F)c2s1. The third-order valence-electron chi connectivity index (χ3n) is 7.19. The van der Waals surface area contributed by atoms with Crippen LogP contribution in [0.5, 0.6) is 11.5 Å². The molecule has 0 saturated carbocycles. The van der Waals surface area contributed by atoms with Crippen molar-refractivity contribution in [2.45, 2.75) is 46.3 Å². The maximum absolute atomic E-state index is 15.3. The van der Waals surface area contributed by atoms with Crippen molar-refractivity contribution in [1.82, 2.24) is 19.5 Å². The Morgan fingerprint density at radius 3 is 2.55 bits per heavy atom. The predicted molar refractivity (Wildman–Crippen MR) is 165 cm³/mol. The first-order valence-corrected chi connectivity index (χ1v) is 14.7. The van der Waals surface area contributed by atoms with E-state index in [1.165, 1.54) is 28.2 Å². The van der Waals surface area contributed by atoms with Gasteiger partial charge in [-0.05, 0) is 63.6 Å². The number of Topliss-reactive ketones (excluding diaryl/α,β-unsaturated/α-hetero) is 1. The third-order valence-corrected chi connectivity index (χ3v) is 8.36. The van der Waals surface area contributed by atoms with Gasteiger partial charge in [0.25, 0.3) is 5.56 Å². The van der Waals surface area contributed by atoms with Crippen molar-refractivity contribution in [2.24, 2.45) is 0 Å². The molecule has 1 N–H and O–H groups in total. The number of hydrogen-bond acceptors (Lipinski definition) is 8. The van der Waals surface area contributed by atoms with Gasteiger partial charge in [-0.15, -0.1) is 11.3 Å². The van der Waals surface area contributed by atoms with Crippen molar-refractivity contribution in [2.75, 3.05) is 0 Å². The summed E-state index contributed by atoms with van der Waals surface area (Å²) in [6.45, 7) is 6.85. The number of aromatic nitrogens is 4. The molecule has 44 heavy (non-hydrogen) atoms. The maximum Gasteiger partial charge on any atom is 0.282 e. The van der Waals surface area contributed by atoms with Gasteiger partial charge in [-0.2, -0.15) is 0 Å². The van der Waals surface area contributed by atoms with Crippen LogP contribution in [0, 0.1) is 19.7 Å². The minimum Gasteiger partial charge on any atom is -0.453 e. The molecule has 0 aliphatic carbocycles. The molecule has 0 aliphatic rings. The number of nitrogens with zero attached hydrogens (tertiary/aromatic N) is 4. The van der Waals surface area contributed by atoms with Crippen LogP contribution in [0.1, 0.15) is 41.2 Å². The van der Waals surface area contributed by atoms with Gasteiger partial charge in [0.2, 0.25) is 0 Å². The molecule has 0 fully saturated rings. The first-order valence-electron chi connectivity index (χ1n) is 13.9. The van der Waals surface area contributed by atoms with E-state index in [1.54, 1.807) is 74.2 Å². The number of carbonyl (C=O) groups excluding carboxylic acids is 1. The largest absolute Gasteiger partial charge is 0.453 e. The molecular weight excluding hydrogens is 583 g/mol. The van der Waals surface area contributed by atoms with Gasteiger partial charge in [0.15, 0.2) is 17.3 Å².